The van der Waals surface area contributed by atoms with Gasteiger partial charge in [0.1, 0.15) is 6.04 Å². The van der Waals surface area contributed by atoms with Crippen LogP contribution in [-0.4, -0.2) is 46.9 Å². The van der Waals surface area contributed by atoms with Crippen LogP contribution in [0.5, 0.6) is 0 Å². The largest absolute Gasteiger partial charge is 0.340 e. The number of pyridine rings is 1. The van der Waals surface area contributed by atoms with Crippen LogP contribution in [0, 0.1) is 18.3 Å². The predicted octanol–water partition coefficient (Wildman–Crippen LogP) is 5.16. The minimum Gasteiger partial charge on any atom is -0.340 e. The van der Waals surface area contributed by atoms with Crippen LogP contribution in [0.2, 0.25) is 0 Å². The van der Waals surface area contributed by atoms with E-state index in [0.29, 0.717) is 32.6 Å². The fourth-order valence-corrected chi connectivity index (χ4v) is 4.47. The molecule has 0 saturated carbocycles. The van der Waals surface area contributed by atoms with Crippen LogP contribution in [0.25, 0.3) is 0 Å². The maximum Gasteiger partial charge on any atom is 0.223 e. The van der Waals surface area contributed by atoms with Gasteiger partial charge in [0, 0.05) is 56.0 Å². The SMILES string of the molecule is Cc1ncccc1C(C#N)N1CCN(C(=O)CC(c2ccccc2)c2ccccc2)CC1.Cl.Cl. The third-order valence-corrected chi connectivity index (χ3v) is 6.28. The second-order valence-electron chi connectivity index (χ2n) is 8.20. The summed E-state index contributed by atoms with van der Waals surface area (Å²) in [6.07, 6.45) is 2.19. The molecule has 0 radical (unpaired) electrons. The highest BCUT2D eigenvalue weighted by Crippen LogP contribution is 2.29. The number of nitrogens with zero attached hydrogens (tertiary/aromatic N) is 4. The molecule has 5 nitrogen and oxygen atoms in total. The second kappa shape index (κ2) is 13.1. The molecule has 178 valence electrons. The molecule has 2 aromatic carbocycles. The highest BCUT2D eigenvalue weighted by molar-refractivity contribution is 5.85. The lowest BCUT2D eigenvalue weighted by Gasteiger charge is -2.37. The maximum absolute atomic E-state index is 13.3. The van der Waals surface area contributed by atoms with Gasteiger partial charge in [0.15, 0.2) is 0 Å². The topological polar surface area (TPSA) is 60.2 Å². The van der Waals surface area contributed by atoms with Crippen molar-refractivity contribution < 1.29 is 4.79 Å². The molecule has 7 heteroatoms. The lowest BCUT2D eigenvalue weighted by molar-refractivity contribution is -0.133. The number of carbonyl (C=O) groups excluding carboxylic acids is 1. The third kappa shape index (κ3) is 6.36. The average Bonchev–Trinajstić information content (AvgIpc) is 2.85. The molecule has 0 aliphatic carbocycles. The van der Waals surface area contributed by atoms with E-state index < -0.39 is 0 Å². The van der Waals surface area contributed by atoms with Crippen LogP contribution < -0.4 is 0 Å². The van der Waals surface area contributed by atoms with Gasteiger partial charge < -0.3 is 4.90 Å². The molecule has 1 aliphatic heterocycles. The van der Waals surface area contributed by atoms with Gasteiger partial charge in [-0.1, -0.05) is 66.7 Å². The van der Waals surface area contributed by atoms with Gasteiger partial charge in [-0.2, -0.15) is 5.26 Å². The molecule has 3 aromatic rings. The number of nitriles is 1. The number of amides is 1. The Bertz CT molecular complexity index is 1040. The summed E-state index contributed by atoms with van der Waals surface area (Å²) >= 11 is 0. The van der Waals surface area contributed by atoms with Gasteiger partial charge in [-0.3, -0.25) is 14.7 Å². The fourth-order valence-electron chi connectivity index (χ4n) is 4.47. The van der Waals surface area contributed by atoms with E-state index in [1.165, 1.54) is 0 Å². The molecular weight excluding hydrogens is 467 g/mol. The Labute approximate surface area is 214 Å². The summed E-state index contributed by atoms with van der Waals surface area (Å²) in [4.78, 5) is 21.7. The zero-order chi connectivity index (χ0) is 22.3. The van der Waals surface area contributed by atoms with E-state index in [0.717, 1.165) is 22.4 Å². The summed E-state index contributed by atoms with van der Waals surface area (Å²) in [5, 5.41) is 9.80. The van der Waals surface area contributed by atoms with Crippen molar-refractivity contribution in [2.45, 2.75) is 25.3 Å². The average molecular weight is 497 g/mol. The van der Waals surface area contributed by atoms with E-state index in [9.17, 15) is 10.1 Å². The predicted molar refractivity (Wildman–Crippen MR) is 139 cm³/mol. The number of hydrogen-bond acceptors (Lipinski definition) is 4. The van der Waals surface area contributed by atoms with Crippen molar-refractivity contribution in [3.63, 3.8) is 0 Å². The van der Waals surface area contributed by atoms with E-state index >= 15 is 0 Å². The van der Waals surface area contributed by atoms with E-state index in [-0.39, 0.29) is 42.7 Å². The summed E-state index contributed by atoms with van der Waals surface area (Å²) < 4.78 is 0. The molecule has 0 N–H and O–H groups in total. The van der Waals surface area contributed by atoms with Crippen LogP contribution in [0.4, 0.5) is 0 Å². The van der Waals surface area contributed by atoms with E-state index in [1.54, 1.807) is 6.20 Å². The third-order valence-electron chi connectivity index (χ3n) is 6.28. The normalized spacial score (nSPS) is 14.4. The Morgan fingerprint density at radius 2 is 1.47 bits per heavy atom. The molecule has 0 bridgehead atoms. The number of piperazine rings is 1. The number of aromatic nitrogens is 1. The number of benzene rings is 2. The Morgan fingerprint density at radius 3 is 1.97 bits per heavy atom. The van der Waals surface area contributed by atoms with Crippen molar-refractivity contribution in [2.75, 3.05) is 26.2 Å². The van der Waals surface area contributed by atoms with Crippen molar-refractivity contribution in [2.24, 2.45) is 0 Å². The molecule has 0 spiro atoms. The van der Waals surface area contributed by atoms with Crippen molar-refractivity contribution in [1.82, 2.24) is 14.8 Å². The van der Waals surface area contributed by atoms with Crippen molar-refractivity contribution in [1.29, 1.82) is 5.26 Å². The molecule has 1 aliphatic rings. The van der Waals surface area contributed by atoms with Crippen LogP contribution in [0.3, 0.4) is 0 Å². The quantitative estimate of drug-likeness (QED) is 0.472. The van der Waals surface area contributed by atoms with Gasteiger partial charge >= 0.3 is 0 Å². The minimum atomic E-state index is -0.331. The Kier molecular flexibility index (Phi) is 10.5. The summed E-state index contributed by atoms with van der Waals surface area (Å²) in [6.45, 7) is 4.56. The van der Waals surface area contributed by atoms with E-state index in [4.69, 9.17) is 0 Å². The van der Waals surface area contributed by atoms with Crippen LogP contribution in [0.15, 0.2) is 79.0 Å². The fraction of sp³-hybridized carbons (Fsp3) is 0.296. The van der Waals surface area contributed by atoms with Gasteiger partial charge in [0.2, 0.25) is 5.91 Å². The molecule has 1 aromatic heterocycles. The molecule has 1 unspecified atom stereocenters. The molecule has 1 fully saturated rings. The standard InChI is InChI=1S/C27H28N4O.2ClH/c1-21-24(13-8-14-29-21)26(20-28)30-15-17-31(18-16-30)27(32)19-25(22-9-4-2-5-10-22)23-11-6-3-7-12-23;;/h2-14,25-26H,15-19H2,1H3;2*1H. The summed E-state index contributed by atoms with van der Waals surface area (Å²) in [6, 6.07) is 26.4. The lowest BCUT2D eigenvalue weighted by atomic mass is 9.88. The Hall–Kier alpha value is -2.91. The van der Waals surface area contributed by atoms with E-state index in [1.807, 2.05) is 60.4 Å². The van der Waals surface area contributed by atoms with Crippen LogP contribution in [0.1, 0.15) is 40.8 Å². The molecular formula is C27H30Cl2N4O. The molecule has 1 atom stereocenters. The number of hydrogen-bond donors (Lipinski definition) is 0. The molecule has 1 amide bonds. The monoisotopic (exact) mass is 496 g/mol. The summed E-state index contributed by atoms with van der Waals surface area (Å²) in [7, 11) is 0. The lowest BCUT2D eigenvalue weighted by Crippen LogP contribution is -2.49. The smallest absolute Gasteiger partial charge is 0.223 e. The van der Waals surface area contributed by atoms with Crippen LogP contribution in [-0.2, 0) is 4.79 Å². The first kappa shape index (κ1) is 27.3. The first-order valence-electron chi connectivity index (χ1n) is 11.1. The highest BCUT2D eigenvalue weighted by Gasteiger charge is 2.29. The Balaban J connectivity index is 0.00000204. The molecule has 34 heavy (non-hydrogen) atoms. The van der Waals surface area contributed by atoms with Crippen LogP contribution >= 0.6 is 24.8 Å². The van der Waals surface area contributed by atoms with Crippen molar-refractivity contribution in [3.8, 4) is 6.07 Å². The molecule has 4 rings (SSSR count). The number of rotatable bonds is 6. The van der Waals surface area contributed by atoms with Gasteiger partial charge in [0.05, 0.1) is 6.07 Å². The van der Waals surface area contributed by atoms with Crippen molar-refractivity contribution >= 4 is 30.7 Å². The first-order valence-corrected chi connectivity index (χ1v) is 11.1. The van der Waals surface area contributed by atoms with E-state index in [2.05, 4.69) is 40.2 Å². The number of carbonyl (C=O) groups is 1. The molecule has 2 heterocycles. The van der Waals surface area contributed by atoms with Gasteiger partial charge in [-0.25, -0.2) is 0 Å². The van der Waals surface area contributed by atoms with Gasteiger partial charge in [-0.05, 0) is 24.1 Å². The summed E-state index contributed by atoms with van der Waals surface area (Å²) in [5.41, 5.74) is 4.14. The van der Waals surface area contributed by atoms with Gasteiger partial charge in [-0.15, -0.1) is 24.8 Å². The van der Waals surface area contributed by atoms with Gasteiger partial charge in [0.25, 0.3) is 0 Å². The Morgan fingerprint density at radius 1 is 0.912 bits per heavy atom. The molecule has 1 saturated heterocycles. The van der Waals surface area contributed by atoms with Crippen molar-refractivity contribution in [3.05, 3.63) is 101 Å². The highest BCUT2D eigenvalue weighted by atomic mass is 35.5. The zero-order valence-electron chi connectivity index (χ0n) is 19.2. The number of aryl methyl sites for hydroxylation is 1. The minimum absolute atomic E-state index is 0. The summed E-state index contributed by atoms with van der Waals surface area (Å²) in [5.74, 6) is 0.196. The first-order chi connectivity index (χ1) is 15.7. The maximum atomic E-state index is 13.3. The zero-order valence-corrected chi connectivity index (χ0v) is 20.8. The number of halogens is 2. The second-order valence-corrected chi connectivity index (χ2v) is 8.20.